The van der Waals surface area contributed by atoms with Gasteiger partial charge in [-0.3, -0.25) is 9.59 Å². The minimum atomic E-state index is -4.44. The van der Waals surface area contributed by atoms with Crippen LogP contribution in [0.25, 0.3) is 0 Å². The van der Waals surface area contributed by atoms with Crippen LogP contribution in [0.1, 0.15) is 63.2 Å². The smallest absolute Gasteiger partial charge is 0.389 e. The molecule has 2 rings (SSSR count). The van der Waals surface area contributed by atoms with Gasteiger partial charge in [-0.25, -0.2) is 0 Å². The van der Waals surface area contributed by atoms with E-state index in [0.29, 0.717) is 25.4 Å². The average molecular weight is 546 g/mol. The molecule has 0 spiro atoms. The maximum atomic E-state index is 13.9. The van der Waals surface area contributed by atoms with E-state index in [0.717, 1.165) is 19.3 Å². The van der Waals surface area contributed by atoms with Crippen LogP contribution in [0.3, 0.4) is 0 Å². The molecule has 2 amide bonds. The zero-order chi connectivity index (χ0) is 28.5. The molecule has 4 atom stereocenters. The van der Waals surface area contributed by atoms with Crippen molar-refractivity contribution < 1.29 is 37.3 Å². The van der Waals surface area contributed by atoms with Crippen molar-refractivity contribution in [3.8, 4) is 5.75 Å². The molecule has 216 valence electrons. The number of hydrogen-bond donors (Lipinski definition) is 2. The number of hydrogen-bond acceptors (Lipinski definition) is 6. The maximum absolute atomic E-state index is 13.9. The molecule has 8 nitrogen and oxygen atoms in total. The van der Waals surface area contributed by atoms with Gasteiger partial charge in [0, 0.05) is 37.7 Å². The second-order valence-electron chi connectivity index (χ2n) is 10.4. The summed E-state index contributed by atoms with van der Waals surface area (Å²) in [7, 11) is 3.92. The summed E-state index contributed by atoms with van der Waals surface area (Å²) in [5.41, 5.74) is 0.361. The van der Waals surface area contributed by atoms with Gasteiger partial charge in [-0.1, -0.05) is 6.92 Å². The van der Waals surface area contributed by atoms with E-state index in [2.05, 4.69) is 5.32 Å². The van der Waals surface area contributed by atoms with Crippen molar-refractivity contribution in [3.63, 3.8) is 0 Å². The number of nitrogens with one attached hydrogen (secondary N) is 1. The van der Waals surface area contributed by atoms with Crippen LogP contribution in [-0.2, 0) is 9.53 Å². The number of ether oxygens (including phenoxy) is 2. The van der Waals surface area contributed by atoms with Gasteiger partial charge in [-0.2, -0.15) is 13.2 Å². The second kappa shape index (κ2) is 14.7. The Labute approximate surface area is 223 Å². The van der Waals surface area contributed by atoms with Gasteiger partial charge in [0.25, 0.3) is 5.91 Å². The Balaban J connectivity index is 2.43. The van der Waals surface area contributed by atoms with Crippen LogP contribution >= 0.6 is 0 Å². The van der Waals surface area contributed by atoms with Crippen molar-refractivity contribution >= 4 is 17.5 Å². The summed E-state index contributed by atoms with van der Waals surface area (Å²) in [5.74, 6) is -0.959. The van der Waals surface area contributed by atoms with Gasteiger partial charge in [-0.05, 0) is 65.4 Å². The van der Waals surface area contributed by atoms with Gasteiger partial charge < -0.3 is 29.7 Å². The topological polar surface area (TPSA) is 91.3 Å². The fourth-order valence-electron chi connectivity index (χ4n) is 4.30. The molecular weight excluding hydrogens is 503 g/mol. The standard InChI is InChI=1S/C27H42F3N3O5/c1-18-15-33(19(2)17-34)26(36)22-14-21(31-25(35)11-12-27(28,29)30)9-10-23(22)38-20(3)8-6-7-13-37-24(18)16-32(4)5/h9-10,14,18-20,24,34H,6-8,11-13,15-17H2,1-5H3,(H,31,35)/t18-,19+,20+,24-/m0/s1. The number of nitrogens with zero attached hydrogens (tertiary/aromatic N) is 2. The number of fused-ring (bicyclic) bond motifs is 1. The lowest BCUT2D eigenvalue weighted by atomic mass is 10.0. The van der Waals surface area contributed by atoms with Crippen molar-refractivity contribution in [2.45, 2.75) is 77.3 Å². The van der Waals surface area contributed by atoms with Crippen LogP contribution in [-0.4, -0.2) is 91.5 Å². The Kier molecular flexibility index (Phi) is 12.3. The molecule has 0 fully saturated rings. The largest absolute Gasteiger partial charge is 0.490 e. The van der Waals surface area contributed by atoms with Crippen LogP contribution in [0, 0.1) is 5.92 Å². The minimum absolute atomic E-state index is 0.0631. The molecule has 0 unspecified atom stereocenters. The van der Waals surface area contributed by atoms with E-state index in [1.54, 1.807) is 17.9 Å². The van der Waals surface area contributed by atoms with E-state index in [1.165, 1.54) is 12.1 Å². The molecule has 2 N–H and O–H groups in total. The summed E-state index contributed by atoms with van der Waals surface area (Å²) in [5, 5.41) is 12.4. The monoisotopic (exact) mass is 545 g/mol. The number of carbonyl (C=O) groups is 2. The van der Waals surface area contributed by atoms with Crippen molar-refractivity contribution in [2.75, 3.05) is 45.7 Å². The summed E-state index contributed by atoms with van der Waals surface area (Å²) < 4.78 is 49.9. The predicted octanol–water partition coefficient (Wildman–Crippen LogP) is 4.32. The third-order valence-corrected chi connectivity index (χ3v) is 6.52. The second-order valence-corrected chi connectivity index (χ2v) is 10.4. The Morgan fingerprint density at radius 2 is 1.97 bits per heavy atom. The Morgan fingerprint density at radius 1 is 1.26 bits per heavy atom. The first kappa shape index (κ1) is 31.8. The molecule has 0 radical (unpaired) electrons. The number of rotatable bonds is 7. The summed E-state index contributed by atoms with van der Waals surface area (Å²) in [6, 6.07) is 3.97. The zero-order valence-electron chi connectivity index (χ0n) is 23.0. The number of aliphatic hydroxyl groups is 1. The first-order valence-electron chi connectivity index (χ1n) is 13.2. The van der Waals surface area contributed by atoms with Crippen molar-refractivity contribution in [1.29, 1.82) is 0 Å². The average Bonchev–Trinajstić information content (AvgIpc) is 2.83. The molecule has 0 aromatic heterocycles. The highest BCUT2D eigenvalue weighted by Crippen LogP contribution is 2.29. The van der Waals surface area contributed by atoms with Gasteiger partial charge in [0.05, 0.1) is 36.8 Å². The molecule has 1 aromatic carbocycles. The fourth-order valence-corrected chi connectivity index (χ4v) is 4.30. The van der Waals surface area contributed by atoms with Gasteiger partial charge >= 0.3 is 6.18 Å². The van der Waals surface area contributed by atoms with E-state index < -0.39 is 36.9 Å². The van der Waals surface area contributed by atoms with Crippen LogP contribution < -0.4 is 10.1 Å². The molecule has 1 aliphatic rings. The summed E-state index contributed by atoms with van der Waals surface area (Å²) in [4.78, 5) is 29.6. The summed E-state index contributed by atoms with van der Waals surface area (Å²) in [6.07, 6.45) is -4.29. The normalized spacial score (nSPS) is 22.8. The number of amides is 2. The van der Waals surface area contributed by atoms with Gasteiger partial charge in [0.1, 0.15) is 5.75 Å². The van der Waals surface area contributed by atoms with Crippen LogP contribution in [0.2, 0.25) is 0 Å². The highest BCUT2D eigenvalue weighted by atomic mass is 19.4. The number of aliphatic hydroxyl groups excluding tert-OH is 1. The van der Waals surface area contributed by atoms with Gasteiger partial charge in [0.15, 0.2) is 0 Å². The minimum Gasteiger partial charge on any atom is -0.490 e. The first-order valence-corrected chi connectivity index (χ1v) is 13.2. The van der Waals surface area contributed by atoms with Crippen LogP contribution in [0.15, 0.2) is 18.2 Å². The number of benzene rings is 1. The number of likely N-dealkylation sites (N-methyl/N-ethyl adjacent to an activating group) is 1. The van der Waals surface area contributed by atoms with Crippen LogP contribution in [0.4, 0.5) is 18.9 Å². The Morgan fingerprint density at radius 3 is 2.61 bits per heavy atom. The molecule has 0 saturated carbocycles. The molecule has 1 heterocycles. The van der Waals surface area contributed by atoms with Gasteiger partial charge in [0.2, 0.25) is 5.91 Å². The zero-order valence-corrected chi connectivity index (χ0v) is 23.0. The van der Waals surface area contributed by atoms with E-state index >= 15 is 0 Å². The number of halogens is 3. The quantitative estimate of drug-likeness (QED) is 0.530. The Bertz CT molecular complexity index is 912. The third kappa shape index (κ3) is 10.4. The summed E-state index contributed by atoms with van der Waals surface area (Å²) >= 11 is 0. The van der Waals surface area contributed by atoms with Crippen molar-refractivity contribution in [1.82, 2.24) is 9.80 Å². The third-order valence-electron chi connectivity index (χ3n) is 6.52. The molecule has 0 bridgehead atoms. The number of alkyl halides is 3. The number of carbonyl (C=O) groups excluding carboxylic acids is 2. The lowest BCUT2D eigenvalue weighted by Crippen LogP contribution is -2.47. The highest BCUT2D eigenvalue weighted by molar-refractivity contribution is 5.99. The Hall–Kier alpha value is -2.37. The number of anilines is 1. The van der Waals surface area contributed by atoms with Gasteiger partial charge in [-0.15, -0.1) is 0 Å². The molecule has 38 heavy (non-hydrogen) atoms. The lowest BCUT2D eigenvalue weighted by Gasteiger charge is -2.35. The van der Waals surface area contributed by atoms with Crippen LogP contribution in [0.5, 0.6) is 5.75 Å². The highest BCUT2D eigenvalue weighted by Gasteiger charge is 2.31. The molecule has 0 saturated heterocycles. The molecule has 1 aromatic rings. The fraction of sp³-hybridized carbons (Fsp3) is 0.704. The van der Waals surface area contributed by atoms with E-state index in [9.17, 15) is 27.9 Å². The van der Waals surface area contributed by atoms with Crippen molar-refractivity contribution in [2.24, 2.45) is 5.92 Å². The molecule has 1 aliphatic heterocycles. The predicted molar refractivity (Wildman–Crippen MR) is 139 cm³/mol. The molecular formula is C27H42F3N3O5. The molecule has 0 aliphatic carbocycles. The summed E-state index contributed by atoms with van der Waals surface area (Å²) in [6.45, 7) is 6.93. The lowest BCUT2D eigenvalue weighted by molar-refractivity contribution is -0.142. The maximum Gasteiger partial charge on any atom is 0.389 e. The first-order chi connectivity index (χ1) is 17.8. The van der Waals surface area contributed by atoms with E-state index in [1.807, 2.05) is 32.8 Å². The van der Waals surface area contributed by atoms with E-state index in [4.69, 9.17) is 9.47 Å². The SMILES string of the molecule is C[C@@H]1CCCCO[C@@H](CN(C)C)[C@@H](C)CN([C@H](C)CO)C(=O)c2cc(NC(=O)CCC(F)(F)F)ccc2O1. The van der Waals surface area contributed by atoms with E-state index in [-0.39, 0.29) is 36.0 Å². The van der Waals surface area contributed by atoms with Crippen molar-refractivity contribution in [3.05, 3.63) is 23.8 Å². The molecule has 11 heteroatoms.